The molecule has 0 aliphatic heterocycles. The second-order valence-corrected chi connectivity index (χ2v) is 4.23. The van der Waals surface area contributed by atoms with Crippen LogP contribution in [0.25, 0.3) is 0 Å². The zero-order chi connectivity index (χ0) is 13.7. The Kier molecular flexibility index (Phi) is 4.46. The molecule has 0 saturated heterocycles. The molecular weight excluding hydrogens is 245 g/mol. The molecule has 0 aliphatic rings. The summed E-state index contributed by atoms with van der Waals surface area (Å²) in [7, 11) is 0. The highest BCUT2D eigenvalue weighted by molar-refractivity contribution is 5.47. The van der Waals surface area contributed by atoms with E-state index < -0.39 is 0 Å². The molecule has 0 atom stereocenters. The van der Waals surface area contributed by atoms with Gasteiger partial charge in [0.15, 0.2) is 0 Å². The van der Waals surface area contributed by atoms with Crippen LogP contribution in [0, 0.1) is 5.82 Å². The average molecular weight is 263 g/mol. The quantitative estimate of drug-likeness (QED) is 0.856. The first-order valence-electron chi connectivity index (χ1n) is 6.33. The van der Waals surface area contributed by atoms with E-state index in [2.05, 4.69) is 10.3 Å². The number of nitrogens with zero attached hydrogens (tertiary/aromatic N) is 4. The Hall–Kier alpha value is -1.95. The minimum Gasteiger partial charge on any atom is -0.363 e. The first-order chi connectivity index (χ1) is 9.24. The Balaban J connectivity index is 2.12. The first kappa shape index (κ1) is 13.5. The van der Waals surface area contributed by atoms with E-state index in [-0.39, 0.29) is 5.82 Å². The van der Waals surface area contributed by atoms with Gasteiger partial charge in [0.05, 0.1) is 25.0 Å². The lowest BCUT2D eigenvalue weighted by Crippen LogP contribution is -2.23. The van der Waals surface area contributed by atoms with Crippen LogP contribution in [0.15, 0.2) is 30.5 Å². The summed E-state index contributed by atoms with van der Waals surface area (Å²) >= 11 is 0. The van der Waals surface area contributed by atoms with Crippen molar-refractivity contribution in [2.24, 2.45) is 5.73 Å². The van der Waals surface area contributed by atoms with Crippen LogP contribution in [0.5, 0.6) is 0 Å². The largest absolute Gasteiger partial charge is 0.363 e. The average Bonchev–Trinajstić information content (AvgIpc) is 2.85. The summed E-state index contributed by atoms with van der Waals surface area (Å²) in [5, 5.41) is 8.05. The number of nitrogens with two attached hydrogens (primary N) is 1. The molecule has 0 aliphatic carbocycles. The molecule has 0 saturated carbocycles. The third-order valence-corrected chi connectivity index (χ3v) is 2.87. The molecule has 6 heteroatoms. The number of halogens is 1. The maximum absolute atomic E-state index is 13.8. The molecule has 0 spiro atoms. The summed E-state index contributed by atoms with van der Waals surface area (Å²) in [6, 6.07) is 6.74. The van der Waals surface area contributed by atoms with Gasteiger partial charge in [-0.2, -0.15) is 0 Å². The van der Waals surface area contributed by atoms with Crippen molar-refractivity contribution in [3.8, 4) is 0 Å². The molecule has 0 radical (unpaired) electrons. The van der Waals surface area contributed by atoms with E-state index >= 15 is 0 Å². The van der Waals surface area contributed by atoms with Gasteiger partial charge in [-0.15, -0.1) is 5.10 Å². The second kappa shape index (κ2) is 6.29. The molecule has 1 heterocycles. The maximum atomic E-state index is 13.8. The summed E-state index contributed by atoms with van der Waals surface area (Å²) in [4.78, 5) is 1.92. The second-order valence-electron chi connectivity index (χ2n) is 4.23. The number of anilines is 1. The van der Waals surface area contributed by atoms with Gasteiger partial charge in [-0.25, -0.2) is 4.39 Å². The summed E-state index contributed by atoms with van der Waals surface area (Å²) < 4.78 is 15.5. The van der Waals surface area contributed by atoms with Gasteiger partial charge in [-0.3, -0.25) is 4.68 Å². The van der Waals surface area contributed by atoms with E-state index in [0.717, 1.165) is 5.69 Å². The van der Waals surface area contributed by atoms with Crippen molar-refractivity contribution in [1.82, 2.24) is 15.0 Å². The smallest absolute Gasteiger partial charge is 0.146 e. The third kappa shape index (κ3) is 3.29. The lowest BCUT2D eigenvalue weighted by molar-refractivity contribution is 0.598. The van der Waals surface area contributed by atoms with Gasteiger partial charge in [-0.05, 0) is 19.1 Å². The number of para-hydroxylation sites is 1. The normalized spacial score (nSPS) is 10.7. The standard InChI is InChI=1S/C13H18FN5/c1-2-18(13-6-4-3-5-12(13)14)9-11-10-19(8-7-15)17-16-11/h3-6,10H,2,7-9,15H2,1H3. The number of hydrogen-bond donors (Lipinski definition) is 1. The van der Waals surface area contributed by atoms with Gasteiger partial charge in [0.25, 0.3) is 0 Å². The fraction of sp³-hybridized carbons (Fsp3) is 0.385. The molecule has 0 bridgehead atoms. The molecule has 0 unspecified atom stereocenters. The summed E-state index contributed by atoms with van der Waals surface area (Å²) in [5.74, 6) is -0.223. The molecular formula is C13H18FN5. The van der Waals surface area contributed by atoms with Crippen molar-refractivity contribution in [2.75, 3.05) is 18.0 Å². The van der Waals surface area contributed by atoms with E-state index in [1.807, 2.05) is 24.1 Å². The van der Waals surface area contributed by atoms with Gasteiger partial charge >= 0.3 is 0 Å². The van der Waals surface area contributed by atoms with E-state index in [9.17, 15) is 4.39 Å². The Morgan fingerprint density at radius 2 is 2.16 bits per heavy atom. The predicted octanol–water partition coefficient (Wildman–Crippen LogP) is 1.40. The Labute approximate surface area is 111 Å². The van der Waals surface area contributed by atoms with Crippen LogP contribution in [-0.2, 0) is 13.1 Å². The maximum Gasteiger partial charge on any atom is 0.146 e. The summed E-state index contributed by atoms with van der Waals surface area (Å²) in [6.45, 7) is 4.37. The third-order valence-electron chi connectivity index (χ3n) is 2.87. The predicted molar refractivity (Wildman–Crippen MR) is 72.2 cm³/mol. The number of rotatable bonds is 6. The van der Waals surface area contributed by atoms with Crippen LogP contribution < -0.4 is 10.6 Å². The fourth-order valence-corrected chi connectivity index (χ4v) is 1.92. The SMILES string of the molecule is CCN(Cc1cn(CCN)nn1)c1ccccc1F. The molecule has 2 aromatic rings. The highest BCUT2D eigenvalue weighted by Crippen LogP contribution is 2.19. The molecule has 102 valence electrons. The lowest BCUT2D eigenvalue weighted by Gasteiger charge is -2.22. The molecule has 19 heavy (non-hydrogen) atoms. The van der Waals surface area contributed by atoms with Crippen LogP contribution in [0.3, 0.4) is 0 Å². The van der Waals surface area contributed by atoms with Crippen LogP contribution in [0.2, 0.25) is 0 Å². The summed E-state index contributed by atoms with van der Waals surface area (Å²) in [5.41, 5.74) is 6.85. The van der Waals surface area contributed by atoms with Gasteiger partial charge in [-0.1, -0.05) is 17.3 Å². The molecule has 1 aromatic heterocycles. The van der Waals surface area contributed by atoms with Gasteiger partial charge in [0.1, 0.15) is 11.5 Å². The number of hydrogen-bond acceptors (Lipinski definition) is 4. The van der Waals surface area contributed by atoms with Crippen molar-refractivity contribution in [3.63, 3.8) is 0 Å². The molecule has 2 rings (SSSR count). The van der Waals surface area contributed by atoms with E-state index in [4.69, 9.17) is 5.73 Å². The van der Waals surface area contributed by atoms with E-state index in [0.29, 0.717) is 31.9 Å². The monoisotopic (exact) mass is 263 g/mol. The molecule has 2 N–H and O–H groups in total. The zero-order valence-electron chi connectivity index (χ0n) is 11.0. The van der Waals surface area contributed by atoms with Crippen LogP contribution in [0.4, 0.5) is 10.1 Å². The Morgan fingerprint density at radius 1 is 1.37 bits per heavy atom. The molecule has 1 aromatic carbocycles. The molecule has 5 nitrogen and oxygen atoms in total. The van der Waals surface area contributed by atoms with Crippen molar-refractivity contribution in [1.29, 1.82) is 0 Å². The minimum absolute atomic E-state index is 0.223. The highest BCUT2D eigenvalue weighted by atomic mass is 19.1. The van der Waals surface area contributed by atoms with E-state index in [1.54, 1.807) is 16.8 Å². The Bertz CT molecular complexity index is 525. The van der Waals surface area contributed by atoms with Crippen LogP contribution in [0.1, 0.15) is 12.6 Å². The first-order valence-corrected chi connectivity index (χ1v) is 6.33. The van der Waals surface area contributed by atoms with E-state index in [1.165, 1.54) is 6.07 Å². The van der Waals surface area contributed by atoms with Crippen molar-refractivity contribution in [2.45, 2.75) is 20.0 Å². The zero-order valence-corrected chi connectivity index (χ0v) is 11.0. The van der Waals surface area contributed by atoms with Crippen molar-refractivity contribution in [3.05, 3.63) is 42.0 Å². The fourth-order valence-electron chi connectivity index (χ4n) is 1.92. The van der Waals surface area contributed by atoms with Crippen molar-refractivity contribution < 1.29 is 4.39 Å². The van der Waals surface area contributed by atoms with Crippen LogP contribution >= 0.6 is 0 Å². The van der Waals surface area contributed by atoms with Crippen molar-refractivity contribution >= 4 is 5.69 Å². The summed E-state index contributed by atoms with van der Waals surface area (Å²) in [6.07, 6.45) is 1.84. The number of aromatic nitrogens is 3. The lowest BCUT2D eigenvalue weighted by atomic mass is 10.2. The minimum atomic E-state index is -0.223. The highest BCUT2D eigenvalue weighted by Gasteiger charge is 2.11. The van der Waals surface area contributed by atoms with Gasteiger partial charge in [0.2, 0.25) is 0 Å². The number of benzene rings is 1. The molecule has 0 amide bonds. The van der Waals surface area contributed by atoms with Crippen LogP contribution in [-0.4, -0.2) is 28.1 Å². The topological polar surface area (TPSA) is 60.0 Å². The molecule has 0 fully saturated rings. The van der Waals surface area contributed by atoms with Gasteiger partial charge < -0.3 is 10.6 Å². The Morgan fingerprint density at radius 3 is 2.84 bits per heavy atom. The van der Waals surface area contributed by atoms with Gasteiger partial charge in [0, 0.05) is 13.1 Å².